The van der Waals surface area contributed by atoms with E-state index in [1.54, 1.807) is 56.9 Å². The monoisotopic (exact) mass is 801 g/mol. The van der Waals surface area contributed by atoms with Crippen LogP contribution in [0.1, 0.15) is 0 Å². The third-order valence-corrected chi connectivity index (χ3v) is 13.3. The molecule has 0 saturated carbocycles. The van der Waals surface area contributed by atoms with Gasteiger partial charge in [-0.25, -0.2) is 0 Å². The predicted octanol–water partition coefficient (Wildman–Crippen LogP) is -9.12. The Labute approximate surface area is 327 Å². The van der Waals surface area contributed by atoms with Crippen LogP contribution in [0.4, 0.5) is 0 Å². The number of hydrogen-bond acceptors (Lipinski definition) is 24. The van der Waals surface area contributed by atoms with E-state index in [0.717, 1.165) is 0 Å². The van der Waals surface area contributed by atoms with Crippen LogP contribution in [0, 0.1) is 0 Å². The van der Waals surface area contributed by atoms with E-state index in [4.69, 9.17) is 37.9 Å². The maximum Gasteiger partial charge on any atom is 0.148 e. The molecule has 16 atom stereocenters. The lowest BCUT2D eigenvalue weighted by Gasteiger charge is -2.44. The normalized spacial score (nSPS) is 55.3. The van der Waals surface area contributed by atoms with Gasteiger partial charge in [0.15, 0.2) is 0 Å². The molecule has 0 aliphatic carbocycles. The summed E-state index contributed by atoms with van der Waals surface area (Å²) in [5.41, 5.74) is 0. The van der Waals surface area contributed by atoms with Gasteiger partial charge in [-0.15, -0.1) is 0 Å². The van der Waals surface area contributed by atoms with E-state index in [-0.39, 0.29) is 147 Å². The van der Waals surface area contributed by atoms with E-state index in [9.17, 15) is 0 Å². The second-order valence-electron chi connectivity index (χ2n) is 15.9. The Balaban J connectivity index is 1.08. The van der Waals surface area contributed by atoms with Crippen LogP contribution < -0.4 is 85.1 Å². The van der Waals surface area contributed by atoms with E-state index < -0.39 is 0 Å². The first-order chi connectivity index (χ1) is 27.3. The maximum atomic E-state index is 5.88. The van der Waals surface area contributed by atoms with Crippen molar-refractivity contribution >= 4 is 0 Å². The Bertz CT molecular complexity index is 1060. The number of rotatable bonds is 8. The summed E-state index contributed by atoms with van der Waals surface area (Å²) in [5, 5.41) is 61.2. The molecular formula is C32H64N16O8. The summed E-state index contributed by atoms with van der Waals surface area (Å²) in [4.78, 5) is 0. The van der Waals surface area contributed by atoms with Gasteiger partial charge in [-0.2, -0.15) is 0 Å². The fourth-order valence-electron chi connectivity index (χ4n) is 10.6. The first-order valence-corrected chi connectivity index (χ1v) is 19.7. The van der Waals surface area contributed by atoms with Crippen molar-refractivity contribution in [3.8, 4) is 0 Å². The molecule has 24 nitrogen and oxygen atoms in total. The summed E-state index contributed by atoms with van der Waals surface area (Å²) in [6.07, 6.45) is -4.84. The fourth-order valence-corrected chi connectivity index (χ4v) is 10.6. The molecule has 8 bridgehead atoms. The van der Waals surface area contributed by atoms with Crippen LogP contribution in [0.15, 0.2) is 0 Å². The Hall–Kier alpha value is -0.960. The van der Waals surface area contributed by atoms with Crippen molar-refractivity contribution in [3.63, 3.8) is 0 Å². The van der Waals surface area contributed by atoms with Gasteiger partial charge in [0.1, 0.15) is 49.8 Å². The van der Waals surface area contributed by atoms with Gasteiger partial charge in [-0.1, -0.05) is 0 Å². The minimum Gasteiger partial charge on any atom is -0.362 e. The third kappa shape index (κ3) is 7.02. The van der Waals surface area contributed by atoms with Crippen molar-refractivity contribution in [2.45, 2.75) is 147 Å². The van der Waals surface area contributed by atoms with Gasteiger partial charge in [0.25, 0.3) is 0 Å². The van der Waals surface area contributed by atoms with Crippen LogP contribution in [0.25, 0.3) is 0 Å². The van der Waals surface area contributed by atoms with Crippen LogP contribution in [0.2, 0.25) is 0 Å². The molecule has 56 heavy (non-hydrogen) atoms. The summed E-state index contributed by atoms with van der Waals surface area (Å²) < 4.78 is 47.0. The van der Waals surface area contributed by atoms with Crippen LogP contribution in [0.5, 0.6) is 0 Å². The first-order valence-electron chi connectivity index (χ1n) is 19.7. The average molecular weight is 801 g/mol. The van der Waals surface area contributed by atoms with Crippen molar-refractivity contribution in [1.82, 2.24) is 85.1 Å². The highest BCUT2D eigenvalue weighted by Crippen LogP contribution is 2.29. The lowest BCUT2D eigenvalue weighted by atomic mass is 10.00. The van der Waals surface area contributed by atoms with Gasteiger partial charge in [0, 0.05) is 56.9 Å². The summed E-state index contributed by atoms with van der Waals surface area (Å²) in [6, 6.07) is -0.910. The third-order valence-electron chi connectivity index (χ3n) is 13.3. The smallest absolute Gasteiger partial charge is 0.148 e. The second kappa shape index (κ2) is 16.8. The summed E-state index contributed by atoms with van der Waals surface area (Å²) >= 11 is 0. The van der Waals surface area contributed by atoms with Crippen LogP contribution in [0.3, 0.4) is 0 Å². The van der Waals surface area contributed by atoms with Crippen molar-refractivity contribution in [1.29, 1.82) is 0 Å². The number of methoxy groups -OCH3 is 8. The van der Waals surface area contributed by atoms with Crippen LogP contribution in [-0.4, -0.2) is 204 Å². The molecular weight excluding hydrogens is 736 g/mol. The molecule has 320 valence electrons. The fraction of sp³-hybridized carbons (Fsp3) is 1.00. The lowest BCUT2D eigenvalue weighted by molar-refractivity contribution is -0.107. The number of hydrogen-bond donors (Lipinski definition) is 16. The Kier molecular flexibility index (Phi) is 12.2. The molecule has 16 unspecified atom stereocenters. The lowest BCUT2D eigenvalue weighted by Crippen LogP contribution is -2.74. The standard InChI is InChI=1S/C32H64N16O8/c1-49-25-26(50-2)34-10-9(33-25)17-41-18(10)46-20-13-14(38-30(54-6)29(37-13)53-5)22(43-20)48-24-16-15(39-31(55-7)32(40-16)56-8)23(44-24)47-21-12-11(19(42-21)45-17)35-27(51-3)28(36-12)52-4/h9-48H,1-8H3. The first kappa shape index (κ1) is 40.4. The zero-order chi connectivity index (χ0) is 38.8. The second-order valence-corrected chi connectivity index (χ2v) is 15.9. The van der Waals surface area contributed by atoms with Gasteiger partial charge < -0.3 is 37.9 Å². The molecule has 0 amide bonds. The molecule has 9 aliphatic rings. The summed E-state index contributed by atoms with van der Waals surface area (Å²) in [6.45, 7) is 0. The minimum atomic E-state index is -0.381. The largest absolute Gasteiger partial charge is 0.362 e. The predicted molar refractivity (Wildman–Crippen MR) is 197 cm³/mol. The summed E-state index contributed by atoms with van der Waals surface area (Å²) in [5.74, 6) is 0. The molecule has 0 spiro atoms. The van der Waals surface area contributed by atoms with Crippen molar-refractivity contribution in [2.75, 3.05) is 56.9 Å². The Morgan fingerprint density at radius 2 is 0.286 bits per heavy atom. The van der Waals surface area contributed by atoms with E-state index in [0.29, 0.717) is 0 Å². The highest BCUT2D eigenvalue weighted by molar-refractivity contribution is 5.18. The minimum absolute atomic E-state index is 0.114. The van der Waals surface area contributed by atoms with Gasteiger partial charge >= 0.3 is 0 Å². The quantitative estimate of drug-likeness (QED) is 0.109. The molecule has 0 aromatic heterocycles. The average Bonchev–Trinajstić information content (AvgIpc) is 3.95. The highest BCUT2D eigenvalue weighted by Gasteiger charge is 2.59. The van der Waals surface area contributed by atoms with E-state index >= 15 is 0 Å². The molecule has 9 saturated heterocycles. The Morgan fingerprint density at radius 1 is 0.179 bits per heavy atom. The SMILES string of the molecule is COC1NC2C3NC(NC4NC(NC5NC(NC6NC(N3)C3NC(OC)C(OC)NC63)C3NC(OC)C(OC)NC53)C3NC(OC)C(OC)NC43)C2NC1OC. The van der Waals surface area contributed by atoms with Gasteiger partial charge in [-0.05, 0) is 0 Å². The van der Waals surface area contributed by atoms with Crippen molar-refractivity contribution < 1.29 is 37.9 Å². The molecule has 9 heterocycles. The number of nitrogens with one attached hydrogen (secondary N) is 16. The molecule has 0 radical (unpaired) electrons. The topological polar surface area (TPSA) is 266 Å². The van der Waals surface area contributed by atoms with Gasteiger partial charge in [0.05, 0.1) is 97.7 Å². The Morgan fingerprint density at radius 3 is 0.375 bits per heavy atom. The molecule has 9 fully saturated rings. The molecule has 16 N–H and O–H groups in total. The summed E-state index contributed by atoms with van der Waals surface area (Å²) in [7, 11) is 13.5. The molecule has 0 aromatic rings. The molecule has 24 heteroatoms. The van der Waals surface area contributed by atoms with E-state index in [1.807, 2.05) is 0 Å². The number of fused-ring (bicyclic) bond motifs is 20. The zero-order valence-electron chi connectivity index (χ0n) is 33.1. The number of ether oxygens (including phenoxy) is 8. The number of piperazine rings is 4. The van der Waals surface area contributed by atoms with Crippen molar-refractivity contribution in [3.05, 3.63) is 0 Å². The zero-order valence-corrected chi connectivity index (χ0v) is 33.1. The van der Waals surface area contributed by atoms with Crippen LogP contribution >= 0.6 is 0 Å². The van der Waals surface area contributed by atoms with Crippen LogP contribution in [-0.2, 0) is 37.9 Å². The van der Waals surface area contributed by atoms with E-state index in [1.165, 1.54) is 0 Å². The maximum absolute atomic E-state index is 5.88. The van der Waals surface area contributed by atoms with E-state index in [2.05, 4.69) is 85.1 Å². The molecule has 9 rings (SSSR count). The highest BCUT2D eigenvalue weighted by atomic mass is 16.6. The molecule has 9 aliphatic heterocycles. The van der Waals surface area contributed by atoms with Crippen molar-refractivity contribution in [2.24, 2.45) is 0 Å². The molecule has 0 aromatic carbocycles. The van der Waals surface area contributed by atoms with Gasteiger partial charge in [0.2, 0.25) is 0 Å². The van der Waals surface area contributed by atoms with Gasteiger partial charge in [-0.3, -0.25) is 85.1 Å².